The van der Waals surface area contributed by atoms with Crippen LogP contribution >= 0.6 is 12.2 Å². The minimum absolute atomic E-state index is 0.0748. The second-order valence-corrected chi connectivity index (χ2v) is 5.10. The zero-order chi connectivity index (χ0) is 13.3. The molecule has 5 heteroatoms. The molecule has 0 spiro atoms. The number of nitrogens with two attached hydrogens (primary N) is 1. The highest BCUT2D eigenvalue weighted by molar-refractivity contribution is 7.80. The van der Waals surface area contributed by atoms with E-state index < -0.39 is 0 Å². The molecule has 0 saturated heterocycles. The maximum absolute atomic E-state index is 11.6. The zero-order valence-electron chi connectivity index (χ0n) is 11.1. The van der Waals surface area contributed by atoms with Crippen molar-refractivity contribution in [1.29, 1.82) is 0 Å². The number of thiocarbonyl (C=S) groups is 1. The third-order valence-electron chi connectivity index (χ3n) is 2.42. The van der Waals surface area contributed by atoms with Gasteiger partial charge in [-0.25, -0.2) is 0 Å². The molecule has 4 nitrogen and oxygen atoms in total. The first kappa shape index (κ1) is 16.3. The van der Waals surface area contributed by atoms with Gasteiger partial charge in [0, 0.05) is 26.6 Å². The Bertz CT molecular complexity index is 245. The fourth-order valence-corrected chi connectivity index (χ4v) is 1.27. The van der Waals surface area contributed by atoms with Gasteiger partial charge >= 0.3 is 0 Å². The fraction of sp³-hybridized carbons (Fsp3) is 0.833. The summed E-state index contributed by atoms with van der Waals surface area (Å²) in [7, 11) is 1.76. The van der Waals surface area contributed by atoms with Gasteiger partial charge < -0.3 is 15.4 Å². The summed E-state index contributed by atoms with van der Waals surface area (Å²) in [5.41, 5.74) is 5.38. The number of amides is 1. The molecule has 0 aromatic rings. The van der Waals surface area contributed by atoms with Gasteiger partial charge in [-0.3, -0.25) is 4.79 Å². The Hall–Kier alpha value is -0.680. The summed E-state index contributed by atoms with van der Waals surface area (Å²) in [6, 6.07) is 0. The lowest BCUT2D eigenvalue weighted by Gasteiger charge is -2.16. The van der Waals surface area contributed by atoms with Crippen LogP contribution in [0, 0.1) is 5.92 Å². The Labute approximate surface area is 109 Å². The first-order chi connectivity index (χ1) is 7.93. The Morgan fingerprint density at radius 1 is 1.35 bits per heavy atom. The van der Waals surface area contributed by atoms with Crippen LogP contribution in [0.25, 0.3) is 0 Å². The molecule has 0 fully saturated rings. The van der Waals surface area contributed by atoms with E-state index in [9.17, 15) is 4.79 Å². The number of carbonyl (C=O) groups excluding carboxylic acids is 1. The molecule has 0 saturated carbocycles. The van der Waals surface area contributed by atoms with Crippen LogP contribution in [-0.4, -0.2) is 42.6 Å². The predicted octanol–water partition coefficient (Wildman–Crippen LogP) is 1.57. The standard InChI is InChI=1S/C12H24N2O2S/c1-10(2)5-8-16-9-6-12(15)14(3)7-4-11(13)17/h10H,4-9H2,1-3H3,(H2,13,17). The molecule has 0 unspecified atom stereocenters. The monoisotopic (exact) mass is 260 g/mol. The summed E-state index contributed by atoms with van der Waals surface area (Å²) in [6.07, 6.45) is 2.03. The Kier molecular flexibility index (Phi) is 8.99. The molecular formula is C12H24N2O2S. The van der Waals surface area contributed by atoms with Crippen LogP contribution in [0.1, 0.15) is 33.1 Å². The fourth-order valence-electron chi connectivity index (χ4n) is 1.17. The molecule has 0 aliphatic carbocycles. The Balaban J connectivity index is 3.53. The molecule has 0 radical (unpaired) electrons. The first-order valence-corrected chi connectivity index (χ1v) is 6.44. The van der Waals surface area contributed by atoms with E-state index in [0.717, 1.165) is 13.0 Å². The van der Waals surface area contributed by atoms with Gasteiger partial charge in [-0.1, -0.05) is 26.1 Å². The number of ether oxygens (including phenoxy) is 1. The van der Waals surface area contributed by atoms with Crippen LogP contribution in [-0.2, 0) is 9.53 Å². The van der Waals surface area contributed by atoms with Crippen LogP contribution in [0.3, 0.4) is 0 Å². The number of hydrogen-bond donors (Lipinski definition) is 1. The van der Waals surface area contributed by atoms with Crippen molar-refractivity contribution in [3.8, 4) is 0 Å². The lowest BCUT2D eigenvalue weighted by molar-refractivity contribution is -0.130. The van der Waals surface area contributed by atoms with E-state index in [4.69, 9.17) is 22.7 Å². The van der Waals surface area contributed by atoms with Crippen molar-refractivity contribution >= 4 is 23.1 Å². The molecule has 0 rings (SSSR count). The van der Waals surface area contributed by atoms with E-state index >= 15 is 0 Å². The average Bonchev–Trinajstić information content (AvgIpc) is 2.24. The van der Waals surface area contributed by atoms with Crippen molar-refractivity contribution in [3.05, 3.63) is 0 Å². The van der Waals surface area contributed by atoms with E-state index in [1.54, 1.807) is 11.9 Å². The summed E-state index contributed by atoms with van der Waals surface area (Å²) >= 11 is 4.76. The quantitative estimate of drug-likeness (QED) is 0.505. The lowest BCUT2D eigenvalue weighted by Crippen LogP contribution is -2.30. The van der Waals surface area contributed by atoms with Crippen LogP contribution < -0.4 is 5.73 Å². The van der Waals surface area contributed by atoms with E-state index in [1.807, 2.05) is 0 Å². The molecule has 0 atom stereocenters. The van der Waals surface area contributed by atoms with Crippen LogP contribution in [0.4, 0.5) is 0 Å². The number of nitrogens with zero attached hydrogens (tertiary/aromatic N) is 1. The van der Waals surface area contributed by atoms with Gasteiger partial charge in [0.15, 0.2) is 0 Å². The Morgan fingerprint density at radius 3 is 2.53 bits per heavy atom. The van der Waals surface area contributed by atoms with Crippen LogP contribution in [0.5, 0.6) is 0 Å². The normalized spacial score (nSPS) is 10.6. The molecule has 0 aromatic heterocycles. The molecule has 0 bridgehead atoms. The summed E-state index contributed by atoms with van der Waals surface area (Å²) in [4.78, 5) is 13.7. The molecule has 0 aliphatic rings. The molecule has 0 heterocycles. The highest BCUT2D eigenvalue weighted by Gasteiger charge is 2.08. The molecule has 0 aliphatic heterocycles. The third kappa shape index (κ3) is 10.2. The van der Waals surface area contributed by atoms with Crippen molar-refractivity contribution in [1.82, 2.24) is 4.90 Å². The van der Waals surface area contributed by atoms with Gasteiger partial charge in [-0.15, -0.1) is 0 Å². The molecule has 17 heavy (non-hydrogen) atoms. The van der Waals surface area contributed by atoms with Crippen molar-refractivity contribution < 1.29 is 9.53 Å². The van der Waals surface area contributed by atoms with E-state index in [0.29, 0.717) is 36.9 Å². The molecular weight excluding hydrogens is 236 g/mol. The summed E-state index contributed by atoms with van der Waals surface area (Å²) < 4.78 is 5.39. The third-order valence-corrected chi connectivity index (χ3v) is 2.62. The molecule has 0 aromatic carbocycles. The van der Waals surface area contributed by atoms with Gasteiger partial charge in [-0.2, -0.15) is 0 Å². The van der Waals surface area contributed by atoms with E-state index in [-0.39, 0.29) is 5.91 Å². The summed E-state index contributed by atoms with van der Waals surface area (Å²) in [6.45, 7) is 6.10. The second-order valence-electron chi connectivity index (χ2n) is 4.58. The molecule has 1 amide bonds. The smallest absolute Gasteiger partial charge is 0.224 e. The van der Waals surface area contributed by atoms with Gasteiger partial charge in [0.2, 0.25) is 5.91 Å². The van der Waals surface area contributed by atoms with Crippen molar-refractivity contribution in [2.75, 3.05) is 26.8 Å². The molecule has 100 valence electrons. The first-order valence-electron chi connectivity index (χ1n) is 6.03. The molecule has 2 N–H and O–H groups in total. The highest BCUT2D eigenvalue weighted by Crippen LogP contribution is 2.00. The van der Waals surface area contributed by atoms with Crippen LogP contribution in [0.15, 0.2) is 0 Å². The minimum atomic E-state index is 0.0748. The summed E-state index contributed by atoms with van der Waals surface area (Å²) in [5.74, 6) is 0.713. The number of hydrogen-bond acceptors (Lipinski definition) is 3. The van der Waals surface area contributed by atoms with Crippen molar-refractivity contribution in [3.63, 3.8) is 0 Å². The van der Waals surface area contributed by atoms with E-state index in [1.165, 1.54) is 0 Å². The Morgan fingerprint density at radius 2 is 2.00 bits per heavy atom. The minimum Gasteiger partial charge on any atom is -0.393 e. The lowest BCUT2D eigenvalue weighted by atomic mass is 10.1. The number of carbonyl (C=O) groups is 1. The zero-order valence-corrected chi connectivity index (χ0v) is 11.9. The maximum atomic E-state index is 11.6. The van der Waals surface area contributed by atoms with Gasteiger partial charge in [0.25, 0.3) is 0 Å². The highest BCUT2D eigenvalue weighted by atomic mass is 32.1. The van der Waals surface area contributed by atoms with E-state index in [2.05, 4.69) is 13.8 Å². The van der Waals surface area contributed by atoms with Crippen LogP contribution in [0.2, 0.25) is 0 Å². The SMILES string of the molecule is CC(C)CCOCCC(=O)N(C)CCC(N)=S. The van der Waals surface area contributed by atoms with Crippen molar-refractivity contribution in [2.45, 2.75) is 33.1 Å². The summed E-state index contributed by atoms with van der Waals surface area (Å²) in [5, 5.41) is 0. The average molecular weight is 260 g/mol. The second kappa shape index (κ2) is 9.36. The van der Waals surface area contributed by atoms with Crippen molar-refractivity contribution in [2.24, 2.45) is 11.7 Å². The topological polar surface area (TPSA) is 55.6 Å². The van der Waals surface area contributed by atoms with Gasteiger partial charge in [0.1, 0.15) is 0 Å². The predicted molar refractivity (Wildman–Crippen MR) is 73.9 cm³/mol. The number of rotatable bonds is 9. The largest absolute Gasteiger partial charge is 0.393 e. The van der Waals surface area contributed by atoms with Gasteiger partial charge in [0.05, 0.1) is 18.0 Å². The van der Waals surface area contributed by atoms with Gasteiger partial charge in [-0.05, 0) is 12.3 Å². The maximum Gasteiger partial charge on any atom is 0.224 e.